The molecular weight excluding hydrogens is 312 g/mol. The first kappa shape index (κ1) is 15.7. The number of carbonyl (C=O) groups is 3. The predicted molar refractivity (Wildman–Crippen MR) is 88.5 cm³/mol. The molecule has 0 saturated carbocycles. The third-order valence-electron chi connectivity index (χ3n) is 3.65. The summed E-state index contributed by atoms with van der Waals surface area (Å²) < 4.78 is 0. The number of carbonyl (C=O) groups excluding carboxylic acids is 3. The lowest BCUT2D eigenvalue weighted by atomic mass is 10.0. The Morgan fingerprint density at radius 3 is 2.74 bits per heavy atom. The summed E-state index contributed by atoms with van der Waals surface area (Å²) in [5, 5.41) is 3.25. The summed E-state index contributed by atoms with van der Waals surface area (Å²) >= 11 is 1.62. The van der Waals surface area contributed by atoms with Crippen LogP contribution in [-0.2, 0) is 20.9 Å². The van der Waals surface area contributed by atoms with E-state index < -0.39 is 17.5 Å². The molecule has 1 saturated heterocycles. The number of hydrogen-bond acceptors (Lipinski definition) is 5. The van der Waals surface area contributed by atoms with Crippen LogP contribution >= 0.6 is 11.8 Å². The van der Waals surface area contributed by atoms with Crippen LogP contribution in [0.2, 0.25) is 0 Å². The first-order chi connectivity index (χ1) is 11.2. The quantitative estimate of drug-likeness (QED) is 0.512. The van der Waals surface area contributed by atoms with Gasteiger partial charge in [0.05, 0.1) is 5.57 Å². The van der Waals surface area contributed by atoms with Gasteiger partial charge in [-0.2, -0.15) is 0 Å². The van der Waals surface area contributed by atoms with E-state index in [-0.39, 0.29) is 11.1 Å². The highest BCUT2D eigenvalue weighted by molar-refractivity contribution is 8.00. The number of nitrogens with zero attached hydrogens (tertiary/aromatic N) is 1. The Hall–Kier alpha value is -2.18. The molecule has 0 bridgehead atoms. The van der Waals surface area contributed by atoms with E-state index in [1.807, 2.05) is 30.3 Å². The fraction of sp³-hybridized carbons (Fsp3) is 0.235. The van der Waals surface area contributed by atoms with Crippen molar-refractivity contribution in [3.05, 3.63) is 59.7 Å². The van der Waals surface area contributed by atoms with Gasteiger partial charge in [0.1, 0.15) is 5.50 Å². The van der Waals surface area contributed by atoms with E-state index in [0.29, 0.717) is 6.54 Å². The molecule has 23 heavy (non-hydrogen) atoms. The van der Waals surface area contributed by atoms with Gasteiger partial charge in [0.15, 0.2) is 0 Å². The lowest BCUT2D eigenvalue weighted by molar-refractivity contribution is -0.136. The number of benzene rings is 1. The van der Waals surface area contributed by atoms with Crippen LogP contribution in [0.25, 0.3) is 0 Å². The number of hydrogen-bond donors (Lipinski definition) is 1. The van der Waals surface area contributed by atoms with Crippen molar-refractivity contribution in [2.75, 3.05) is 12.3 Å². The summed E-state index contributed by atoms with van der Waals surface area (Å²) in [5.41, 5.74) is 0.709. The van der Waals surface area contributed by atoms with Gasteiger partial charge in [-0.15, -0.1) is 11.8 Å². The van der Waals surface area contributed by atoms with Crippen LogP contribution in [0.3, 0.4) is 0 Å². The highest BCUT2D eigenvalue weighted by Crippen LogP contribution is 2.23. The van der Waals surface area contributed by atoms with Crippen molar-refractivity contribution in [3.8, 4) is 0 Å². The Morgan fingerprint density at radius 1 is 1.26 bits per heavy atom. The van der Waals surface area contributed by atoms with Crippen LogP contribution in [0.4, 0.5) is 0 Å². The van der Waals surface area contributed by atoms with E-state index >= 15 is 0 Å². The van der Waals surface area contributed by atoms with Gasteiger partial charge in [0.25, 0.3) is 5.91 Å². The smallest absolute Gasteiger partial charge is 0.260 e. The van der Waals surface area contributed by atoms with Crippen molar-refractivity contribution in [1.29, 1.82) is 0 Å². The van der Waals surface area contributed by atoms with E-state index in [0.717, 1.165) is 17.9 Å². The number of allylic oxidation sites excluding steroid dienone is 3. The van der Waals surface area contributed by atoms with Gasteiger partial charge in [-0.3, -0.25) is 19.7 Å². The molecule has 1 amide bonds. The number of ketones is 2. The molecular formula is C17H16N2O3S. The fourth-order valence-corrected chi connectivity index (χ4v) is 3.54. The van der Waals surface area contributed by atoms with Crippen molar-refractivity contribution in [2.24, 2.45) is 0 Å². The first-order valence-electron chi connectivity index (χ1n) is 7.34. The Bertz CT molecular complexity index is 691. The highest BCUT2D eigenvalue weighted by atomic mass is 32.2. The van der Waals surface area contributed by atoms with Crippen molar-refractivity contribution in [1.82, 2.24) is 10.2 Å². The zero-order valence-corrected chi connectivity index (χ0v) is 13.2. The van der Waals surface area contributed by atoms with Crippen molar-refractivity contribution < 1.29 is 14.4 Å². The van der Waals surface area contributed by atoms with Crippen LogP contribution in [0.5, 0.6) is 0 Å². The van der Waals surface area contributed by atoms with Gasteiger partial charge in [0.2, 0.25) is 11.6 Å². The van der Waals surface area contributed by atoms with E-state index in [9.17, 15) is 14.4 Å². The van der Waals surface area contributed by atoms with Crippen LogP contribution in [0.15, 0.2) is 54.1 Å². The van der Waals surface area contributed by atoms with Gasteiger partial charge < -0.3 is 4.90 Å². The van der Waals surface area contributed by atoms with E-state index in [2.05, 4.69) is 5.32 Å². The van der Waals surface area contributed by atoms with Gasteiger partial charge in [-0.25, -0.2) is 0 Å². The standard InChI is InChI=1S/C17H16N2O3S/c20-14-8-4-7-13(15(14)21)16(22)19(17-18-9-10-23-17)11-12-5-2-1-3-6-12/h1-8,17-18H,9-11H2. The maximum Gasteiger partial charge on any atom is 0.260 e. The number of amides is 1. The molecule has 1 fully saturated rings. The van der Waals surface area contributed by atoms with Crippen LogP contribution < -0.4 is 5.32 Å². The minimum atomic E-state index is -0.737. The van der Waals surface area contributed by atoms with E-state index in [1.165, 1.54) is 18.2 Å². The second-order valence-electron chi connectivity index (χ2n) is 5.23. The minimum absolute atomic E-state index is 0.0669. The van der Waals surface area contributed by atoms with Gasteiger partial charge in [-0.05, 0) is 17.7 Å². The van der Waals surface area contributed by atoms with Crippen LogP contribution in [0.1, 0.15) is 5.56 Å². The summed E-state index contributed by atoms with van der Waals surface area (Å²) in [7, 11) is 0. The minimum Gasteiger partial charge on any atom is -0.309 e. The fourth-order valence-electron chi connectivity index (χ4n) is 2.49. The molecule has 0 radical (unpaired) electrons. The molecule has 1 unspecified atom stereocenters. The molecule has 1 aromatic rings. The molecule has 1 heterocycles. The maximum atomic E-state index is 12.8. The summed E-state index contributed by atoms with van der Waals surface area (Å²) in [4.78, 5) is 38.0. The molecule has 1 atom stereocenters. The van der Waals surface area contributed by atoms with E-state index in [4.69, 9.17) is 0 Å². The molecule has 3 rings (SSSR count). The summed E-state index contributed by atoms with van der Waals surface area (Å²) in [5.74, 6) is -0.903. The second kappa shape index (κ2) is 6.93. The zero-order valence-electron chi connectivity index (χ0n) is 12.4. The Morgan fingerprint density at radius 2 is 2.04 bits per heavy atom. The SMILES string of the molecule is O=C1C=CC=C(C(=O)N(Cc2ccccc2)C2NCCS2)C1=O. The molecule has 1 N–H and O–H groups in total. The molecule has 0 spiro atoms. The monoisotopic (exact) mass is 328 g/mol. The number of Topliss-reactive ketones (excluding diaryl/α,β-unsaturated/α-hetero) is 1. The molecule has 1 aromatic carbocycles. The molecule has 1 aliphatic carbocycles. The molecule has 2 aliphatic rings. The topological polar surface area (TPSA) is 66.5 Å². The van der Waals surface area contributed by atoms with Crippen molar-refractivity contribution >= 4 is 29.2 Å². The lowest BCUT2D eigenvalue weighted by Gasteiger charge is -2.29. The average Bonchev–Trinajstić information content (AvgIpc) is 3.10. The number of thioether (sulfide) groups is 1. The van der Waals surface area contributed by atoms with Gasteiger partial charge in [-0.1, -0.05) is 36.4 Å². The third kappa shape index (κ3) is 3.43. The number of nitrogens with one attached hydrogen (secondary N) is 1. The molecule has 6 heteroatoms. The number of rotatable bonds is 4. The molecule has 0 aromatic heterocycles. The van der Waals surface area contributed by atoms with Crippen LogP contribution in [0, 0.1) is 0 Å². The first-order valence-corrected chi connectivity index (χ1v) is 8.38. The normalized spacial score (nSPS) is 20.5. The zero-order chi connectivity index (χ0) is 16.2. The Labute approximate surface area is 138 Å². The van der Waals surface area contributed by atoms with Crippen LogP contribution in [-0.4, -0.2) is 40.2 Å². The summed E-state index contributed by atoms with van der Waals surface area (Å²) in [6, 6.07) is 9.59. The molecule has 5 nitrogen and oxygen atoms in total. The second-order valence-corrected chi connectivity index (χ2v) is 6.42. The predicted octanol–water partition coefficient (Wildman–Crippen LogP) is 1.27. The largest absolute Gasteiger partial charge is 0.309 e. The third-order valence-corrected chi connectivity index (χ3v) is 4.82. The van der Waals surface area contributed by atoms with Gasteiger partial charge >= 0.3 is 0 Å². The summed E-state index contributed by atoms with van der Waals surface area (Å²) in [6.45, 7) is 1.19. The van der Waals surface area contributed by atoms with Gasteiger partial charge in [0, 0.05) is 18.8 Å². The highest BCUT2D eigenvalue weighted by Gasteiger charge is 2.33. The van der Waals surface area contributed by atoms with Crippen molar-refractivity contribution in [2.45, 2.75) is 12.0 Å². The molecule has 1 aliphatic heterocycles. The Balaban J connectivity index is 1.87. The van der Waals surface area contributed by atoms with Crippen molar-refractivity contribution in [3.63, 3.8) is 0 Å². The average molecular weight is 328 g/mol. The lowest BCUT2D eigenvalue weighted by Crippen LogP contribution is -2.45. The van der Waals surface area contributed by atoms with E-state index in [1.54, 1.807) is 16.7 Å². The Kier molecular flexibility index (Phi) is 4.73. The maximum absolute atomic E-state index is 12.8. The molecule has 118 valence electrons. The summed E-state index contributed by atoms with van der Waals surface area (Å²) in [6.07, 6.45) is 4.06.